The highest BCUT2D eigenvalue weighted by atomic mass is 35.5. The summed E-state index contributed by atoms with van der Waals surface area (Å²) in [6.45, 7) is 7.58. The number of allylic oxidation sites excluding steroid dienone is 2. The molecule has 0 aliphatic carbocycles. The zero-order valence-corrected chi connectivity index (χ0v) is 7.64. The third-order valence-electron chi connectivity index (χ3n) is 1.62. The SMILES string of the molecule is C=CCC(=C)c1cccc(Cl)c1. The van der Waals surface area contributed by atoms with Gasteiger partial charge in [0.2, 0.25) is 0 Å². The van der Waals surface area contributed by atoms with Gasteiger partial charge in [0, 0.05) is 5.02 Å². The molecule has 0 atom stereocenters. The maximum Gasteiger partial charge on any atom is 0.0412 e. The minimum absolute atomic E-state index is 0.748. The molecular weight excluding hydrogens is 168 g/mol. The van der Waals surface area contributed by atoms with Gasteiger partial charge in [0.25, 0.3) is 0 Å². The van der Waals surface area contributed by atoms with Crippen LogP contribution in [-0.2, 0) is 0 Å². The zero-order valence-electron chi connectivity index (χ0n) is 6.89. The van der Waals surface area contributed by atoms with Gasteiger partial charge in [-0.15, -0.1) is 6.58 Å². The van der Waals surface area contributed by atoms with Crippen molar-refractivity contribution < 1.29 is 0 Å². The van der Waals surface area contributed by atoms with Crippen LogP contribution in [0.1, 0.15) is 12.0 Å². The van der Waals surface area contributed by atoms with Gasteiger partial charge in [-0.3, -0.25) is 0 Å². The molecule has 0 nitrogen and oxygen atoms in total. The Hall–Kier alpha value is -1.01. The van der Waals surface area contributed by atoms with Crippen LogP contribution in [0.3, 0.4) is 0 Å². The van der Waals surface area contributed by atoms with E-state index >= 15 is 0 Å². The number of hydrogen-bond donors (Lipinski definition) is 0. The molecule has 0 aliphatic heterocycles. The Balaban J connectivity index is 2.87. The molecule has 0 radical (unpaired) electrons. The average Bonchev–Trinajstić information content (AvgIpc) is 2.05. The van der Waals surface area contributed by atoms with Crippen LogP contribution in [0.25, 0.3) is 5.57 Å². The van der Waals surface area contributed by atoms with E-state index in [1.54, 1.807) is 0 Å². The third-order valence-corrected chi connectivity index (χ3v) is 1.86. The summed E-state index contributed by atoms with van der Waals surface area (Å²) in [6, 6.07) is 7.68. The molecule has 0 saturated carbocycles. The largest absolute Gasteiger partial charge is 0.103 e. The lowest BCUT2D eigenvalue weighted by molar-refractivity contribution is 1.41. The van der Waals surface area contributed by atoms with E-state index in [0.29, 0.717) is 0 Å². The van der Waals surface area contributed by atoms with Crippen molar-refractivity contribution in [1.82, 2.24) is 0 Å². The summed E-state index contributed by atoms with van der Waals surface area (Å²) in [5.41, 5.74) is 2.13. The maximum absolute atomic E-state index is 5.82. The van der Waals surface area contributed by atoms with E-state index in [9.17, 15) is 0 Å². The molecule has 1 aromatic carbocycles. The van der Waals surface area contributed by atoms with Gasteiger partial charge in [0.05, 0.1) is 0 Å². The second-order valence-electron chi connectivity index (χ2n) is 2.61. The monoisotopic (exact) mass is 178 g/mol. The Bertz CT molecular complexity index is 300. The summed E-state index contributed by atoms with van der Waals surface area (Å²) in [5, 5.41) is 0.748. The van der Waals surface area contributed by atoms with Crippen LogP contribution < -0.4 is 0 Å². The molecule has 1 aromatic rings. The topological polar surface area (TPSA) is 0 Å². The van der Waals surface area contributed by atoms with Gasteiger partial charge >= 0.3 is 0 Å². The number of hydrogen-bond acceptors (Lipinski definition) is 0. The van der Waals surface area contributed by atoms with Crippen LogP contribution in [0.15, 0.2) is 43.5 Å². The average molecular weight is 179 g/mol. The molecule has 0 fully saturated rings. The molecule has 62 valence electrons. The number of rotatable bonds is 3. The fourth-order valence-electron chi connectivity index (χ4n) is 1.00. The van der Waals surface area contributed by atoms with Crippen molar-refractivity contribution in [2.24, 2.45) is 0 Å². The van der Waals surface area contributed by atoms with Crippen molar-refractivity contribution in [3.63, 3.8) is 0 Å². The Labute approximate surface area is 78.2 Å². The highest BCUT2D eigenvalue weighted by Gasteiger charge is 1.96. The minimum Gasteiger partial charge on any atom is -0.103 e. The van der Waals surface area contributed by atoms with Gasteiger partial charge in [0.1, 0.15) is 0 Å². The van der Waals surface area contributed by atoms with Crippen molar-refractivity contribution in [3.05, 3.63) is 54.1 Å². The molecule has 0 saturated heterocycles. The first kappa shape index (κ1) is 9.08. The number of benzene rings is 1. The van der Waals surface area contributed by atoms with Crippen molar-refractivity contribution in [1.29, 1.82) is 0 Å². The molecule has 0 amide bonds. The van der Waals surface area contributed by atoms with E-state index in [0.717, 1.165) is 22.6 Å². The third kappa shape index (κ3) is 2.24. The summed E-state index contributed by atoms with van der Waals surface area (Å²) in [4.78, 5) is 0. The summed E-state index contributed by atoms with van der Waals surface area (Å²) in [7, 11) is 0. The van der Waals surface area contributed by atoms with Crippen molar-refractivity contribution in [2.45, 2.75) is 6.42 Å². The van der Waals surface area contributed by atoms with Gasteiger partial charge < -0.3 is 0 Å². The zero-order chi connectivity index (χ0) is 8.97. The summed E-state index contributed by atoms with van der Waals surface area (Å²) in [5.74, 6) is 0. The number of halogens is 1. The summed E-state index contributed by atoms with van der Waals surface area (Å²) >= 11 is 5.82. The van der Waals surface area contributed by atoms with Crippen molar-refractivity contribution in [2.75, 3.05) is 0 Å². The fraction of sp³-hybridized carbons (Fsp3) is 0.0909. The minimum atomic E-state index is 0.748. The predicted molar refractivity (Wildman–Crippen MR) is 55.3 cm³/mol. The van der Waals surface area contributed by atoms with Crippen LogP contribution in [0.4, 0.5) is 0 Å². The lowest BCUT2D eigenvalue weighted by Crippen LogP contribution is -1.79. The maximum atomic E-state index is 5.82. The van der Waals surface area contributed by atoms with E-state index in [4.69, 9.17) is 11.6 Å². The van der Waals surface area contributed by atoms with Crippen LogP contribution in [0.2, 0.25) is 5.02 Å². The Morgan fingerprint density at radius 1 is 1.50 bits per heavy atom. The van der Waals surface area contributed by atoms with Gasteiger partial charge in [-0.1, -0.05) is 36.4 Å². The van der Waals surface area contributed by atoms with E-state index in [1.807, 2.05) is 30.3 Å². The molecular formula is C11H11Cl. The first-order chi connectivity index (χ1) is 5.74. The summed E-state index contributed by atoms with van der Waals surface area (Å²) in [6.07, 6.45) is 2.64. The van der Waals surface area contributed by atoms with E-state index in [-0.39, 0.29) is 0 Å². The molecule has 0 N–H and O–H groups in total. The first-order valence-corrected chi connectivity index (χ1v) is 4.16. The van der Waals surface area contributed by atoms with E-state index < -0.39 is 0 Å². The molecule has 0 spiro atoms. The molecule has 12 heavy (non-hydrogen) atoms. The van der Waals surface area contributed by atoms with Crippen molar-refractivity contribution in [3.8, 4) is 0 Å². The Kier molecular flexibility index (Phi) is 3.12. The lowest BCUT2D eigenvalue weighted by atomic mass is 10.1. The van der Waals surface area contributed by atoms with Gasteiger partial charge in [-0.05, 0) is 29.7 Å². The second-order valence-corrected chi connectivity index (χ2v) is 3.04. The Morgan fingerprint density at radius 3 is 2.83 bits per heavy atom. The van der Waals surface area contributed by atoms with Gasteiger partial charge in [0.15, 0.2) is 0 Å². The molecule has 0 heterocycles. The van der Waals surface area contributed by atoms with Crippen LogP contribution >= 0.6 is 11.6 Å². The quantitative estimate of drug-likeness (QED) is 0.616. The van der Waals surface area contributed by atoms with E-state index in [1.165, 1.54) is 0 Å². The molecule has 0 unspecified atom stereocenters. The molecule has 1 heteroatoms. The highest BCUT2D eigenvalue weighted by Crippen LogP contribution is 2.19. The second kappa shape index (κ2) is 4.13. The fourth-order valence-corrected chi connectivity index (χ4v) is 1.19. The van der Waals surface area contributed by atoms with Crippen LogP contribution in [0.5, 0.6) is 0 Å². The molecule has 0 aromatic heterocycles. The lowest BCUT2D eigenvalue weighted by Gasteiger charge is -2.02. The molecule has 0 bridgehead atoms. The summed E-state index contributed by atoms with van der Waals surface area (Å²) < 4.78 is 0. The van der Waals surface area contributed by atoms with E-state index in [2.05, 4.69) is 13.2 Å². The standard InChI is InChI=1S/C11H11Cl/c1-3-5-9(2)10-6-4-7-11(12)8-10/h3-4,6-8H,1-2,5H2. The normalized spacial score (nSPS) is 9.42. The van der Waals surface area contributed by atoms with Crippen LogP contribution in [0, 0.1) is 0 Å². The van der Waals surface area contributed by atoms with Crippen LogP contribution in [-0.4, -0.2) is 0 Å². The highest BCUT2D eigenvalue weighted by molar-refractivity contribution is 6.30. The smallest absolute Gasteiger partial charge is 0.0412 e. The first-order valence-electron chi connectivity index (χ1n) is 3.78. The predicted octanol–water partition coefficient (Wildman–Crippen LogP) is 3.93. The van der Waals surface area contributed by atoms with Gasteiger partial charge in [-0.2, -0.15) is 0 Å². The Morgan fingerprint density at radius 2 is 2.25 bits per heavy atom. The van der Waals surface area contributed by atoms with Crippen molar-refractivity contribution >= 4 is 17.2 Å². The van der Waals surface area contributed by atoms with Gasteiger partial charge in [-0.25, -0.2) is 0 Å². The molecule has 1 rings (SSSR count). The molecule has 0 aliphatic rings.